The maximum absolute atomic E-state index is 11.6. The van der Waals surface area contributed by atoms with Crippen molar-refractivity contribution < 1.29 is 24.4 Å². The normalized spacial score (nSPS) is 9.85. The number of carboxylic acids is 1. The second kappa shape index (κ2) is 7.07. The minimum atomic E-state index is -1.01. The second-order valence-electron chi connectivity index (χ2n) is 3.97. The first kappa shape index (κ1) is 15.4. The molecular weight excluding hydrogens is 268 g/mol. The van der Waals surface area contributed by atoms with E-state index in [1.54, 1.807) is 6.07 Å². The van der Waals surface area contributed by atoms with Gasteiger partial charge in [0.25, 0.3) is 5.91 Å². The van der Waals surface area contributed by atoms with Crippen molar-refractivity contribution in [3.05, 3.63) is 34.4 Å². The van der Waals surface area contributed by atoms with Gasteiger partial charge in [-0.25, -0.2) is 0 Å². The third kappa shape index (κ3) is 4.56. The third-order valence-electron chi connectivity index (χ3n) is 2.50. The summed E-state index contributed by atoms with van der Waals surface area (Å²) >= 11 is 0. The molecule has 0 saturated heterocycles. The Kier molecular flexibility index (Phi) is 5.45. The Labute approximate surface area is 114 Å². The summed E-state index contributed by atoms with van der Waals surface area (Å²) in [6, 6.07) is 5.71. The van der Waals surface area contributed by atoms with Crippen LogP contribution in [0.3, 0.4) is 0 Å². The van der Waals surface area contributed by atoms with Crippen LogP contribution in [0.25, 0.3) is 0 Å². The van der Waals surface area contributed by atoms with Crippen LogP contribution >= 0.6 is 0 Å². The van der Waals surface area contributed by atoms with Gasteiger partial charge < -0.3 is 14.7 Å². The van der Waals surface area contributed by atoms with E-state index in [1.165, 1.54) is 30.1 Å². The number of benzene rings is 1. The number of amides is 1. The smallest absolute Gasteiger partial charge is 0.310 e. The Morgan fingerprint density at radius 2 is 2.05 bits per heavy atom. The van der Waals surface area contributed by atoms with E-state index >= 15 is 0 Å². The number of nitro benzene ring substituents is 1. The Morgan fingerprint density at radius 1 is 1.40 bits per heavy atom. The molecular formula is C12H14N2O6. The number of aliphatic carboxylic acids is 1. The molecule has 0 atom stereocenters. The molecule has 8 heteroatoms. The highest BCUT2D eigenvalue weighted by Gasteiger charge is 2.16. The molecule has 1 aromatic carbocycles. The first-order valence-corrected chi connectivity index (χ1v) is 5.73. The zero-order chi connectivity index (χ0) is 15.1. The van der Waals surface area contributed by atoms with Crippen molar-refractivity contribution in [1.29, 1.82) is 0 Å². The van der Waals surface area contributed by atoms with Crippen LogP contribution in [0.2, 0.25) is 0 Å². The highest BCUT2D eigenvalue weighted by Crippen LogP contribution is 2.25. The molecule has 0 heterocycles. The molecule has 20 heavy (non-hydrogen) atoms. The zero-order valence-electron chi connectivity index (χ0n) is 10.8. The van der Waals surface area contributed by atoms with E-state index < -0.39 is 16.8 Å². The van der Waals surface area contributed by atoms with E-state index in [4.69, 9.17) is 9.84 Å². The number of hydrogen-bond donors (Lipinski definition) is 1. The summed E-state index contributed by atoms with van der Waals surface area (Å²) in [7, 11) is 1.44. The average Bonchev–Trinajstić information content (AvgIpc) is 2.42. The van der Waals surface area contributed by atoms with E-state index in [0.29, 0.717) is 0 Å². The van der Waals surface area contributed by atoms with Gasteiger partial charge in [0.1, 0.15) is 0 Å². The van der Waals surface area contributed by atoms with Crippen molar-refractivity contribution in [1.82, 2.24) is 4.90 Å². The molecule has 0 saturated carbocycles. The molecule has 1 aromatic rings. The van der Waals surface area contributed by atoms with E-state index in [0.717, 1.165) is 0 Å². The maximum atomic E-state index is 11.6. The summed E-state index contributed by atoms with van der Waals surface area (Å²) in [6.45, 7) is -0.338. The molecule has 1 N–H and O–H groups in total. The minimum Gasteiger partial charge on any atom is -0.481 e. The van der Waals surface area contributed by atoms with Crippen molar-refractivity contribution in [2.24, 2.45) is 0 Å². The highest BCUT2D eigenvalue weighted by atomic mass is 16.6. The molecule has 0 aliphatic carbocycles. The molecule has 0 aliphatic heterocycles. The number of carbonyl (C=O) groups is 2. The van der Waals surface area contributed by atoms with Crippen molar-refractivity contribution in [3.63, 3.8) is 0 Å². The topological polar surface area (TPSA) is 110 Å². The van der Waals surface area contributed by atoms with Crippen molar-refractivity contribution in [2.45, 2.75) is 6.42 Å². The highest BCUT2D eigenvalue weighted by molar-refractivity contribution is 5.78. The quantitative estimate of drug-likeness (QED) is 0.587. The SMILES string of the molecule is CN(CCC(=O)O)C(=O)COc1ccccc1[N+](=O)[O-]. The van der Waals surface area contributed by atoms with Crippen molar-refractivity contribution in [2.75, 3.05) is 20.2 Å². The minimum absolute atomic E-state index is 0.00233. The standard InChI is InChI=1S/C12H14N2O6/c1-13(7-6-12(16)17)11(15)8-20-10-5-3-2-4-9(10)14(18)19/h2-5H,6-8H2,1H3,(H,16,17). The number of carboxylic acid groups (broad SMARTS) is 1. The van der Waals surface area contributed by atoms with Crippen LogP contribution in [0.15, 0.2) is 24.3 Å². The fraction of sp³-hybridized carbons (Fsp3) is 0.333. The van der Waals surface area contributed by atoms with Crippen LogP contribution < -0.4 is 4.74 Å². The lowest BCUT2D eigenvalue weighted by molar-refractivity contribution is -0.385. The first-order chi connectivity index (χ1) is 9.41. The van der Waals surface area contributed by atoms with Crippen molar-refractivity contribution in [3.8, 4) is 5.75 Å². The number of para-hydroxylation sites is 2. The fourth-order valence-electron chi connectivity index (χ4n) is 1.37. The Balaban J connectivity index is 2.57. The third-order valence-corrected chi connectivity index (χ3v) is 2.50. The van der Waals surface area contributed by atoms with Crippen LogP contribution in [-0.4, -0.2) is 47.0 Å². The van der Waals surface area contributed by atoms with E-state index in [9.17, 15) is 19.7 Å². The summed E-state index contributed by atoms with van der Waals surface area (Å²) < 4.78 is 5.11. The Hall–Kier alpha value is -2.64. The number of rotatable bonds is 7. The number of likely N-dealkylation sites (N-methyl/N-ethyl adjacent to an activating group) is 1. The Morgan fingerprint density at radius 3 is 2.65 bits per heavy atom. The van der Waals surface area contributed by atoms with Crippen molar-refractivity contribution >= 4 is 17.6 Å². The summed E-state index contributed by atoms with van der Waals surface area (Å²) in [6.07, 6.45) is -0.173. The molecule has 0 radical (unpaired) electrons. The summed E-state index contributed by atoms with van der Waals surface area (Å²) in [4.78, 5) is 33.4. The van der Waals surface area contributed by atoms with Crippen LogP contribution in [-0.2, 0) is 9.59 Å². The lowest BCUT2D eigenvalue weighted by Crippen LogP contribution is -2.33. The molecule has 108 valence electrons. The van der Waals surface area contributed by atoms with E-state index in [-0.39, 0.29) is 31.0 Å². The van der Waals surface area contributed by atoms with E-state index in [1.807, 2.05) is 0 Å². The maximum Gasteiger partial charge on any atom is 0.310 e. The largest absolute Gasteiger partial charge is 0.481 e. The van der Waals surface area contributed by atoms with Gasteiger partial charge in [0.15, 0.2) is 12.4 Å². The molecule has 0 spiro atoms. The van der Waals surface area contributed by atoms with Crippen LogP contribution in [0, 0.1) is 10.1 Å². The number of nitro groups is 1. The van der Waals surface area contributed by atoms with Gasteiger partial charge in [0, 0.05) is 19.7 Å². The van der Waals surface area contributed by atoms with Crippen LogP contribution in [0.4, 0.5) is 5.69 Å². The number of carbonyl (C=O) groups excluding carboxylic acids is 1. The Bertz CT molecular complexity index is 516. The first-order valence-electron chi connectivity index (χ1n) is 5.73. The predicted molar refractivity (Wildman–Crippen MR) is 68.5 cm³/mol. The lowest BCUT2D eigenvalue weighted by atomic mass is 10.3. The molecule has 0 bridgehead atoms. The molecule has 1 amide bonds. The zero-order valence-corrected chi connectivity index (χ0v) is 10.8. The molecule has 1 rings (SSSR count). The number of nitrogens with zero attached hydrogens (tertiary/aromatic N) is 2. The lowest BCUT2D eigenvalue weighted by Gasteiger charge is -2.16. The molecule has 0 aromatic heterocycles. The number of ether oxygens (including phenoxy) is 1. The molecule has 0 aliphatic rings. The fourth-order valence-corrected chi connectivity index (χ4v) is 1.37. The number of hydrogen-bond acceptors (Lipinski definition) is 5. The monoisotopic (exact) mass is 282 g/mol. The summed E-state index contributed by atoms with van der Waals surface area (Å²) in [5.74, 6) is -1.47. The molecule has 0 fully saturated rings. The molecule has 8 nitrogen and oxygen atoms in total. The summed E-state index contributed by atoms with van der Waals surface area (Å²) in [5, 5.41) is 19.2. The predicted octanol–water partition coefficient (Wildman–Crippen LogP) is 0.907. The van der Waals surface area contributed by atoms with Gasteiger partial charge >= 0.3 is 11.7 Å². The average molecular weight is 282 g/mol. The van der Waals surface area contributed by atoms with Gasteiger partial charge in [-0.05, 0) is 6.07 Å². The van der Waals surface area contributed by atoms with Gasteiger partial charge in [-0.3, -0.25) is 19.7 Å². The molecule has 0 unspecified atom stereocenters. The van der Waals surface area contributed by atoms with Crippen LogP contribution in [0.5, 0.6) is 5.75 Å². The second-order valence-corrected chi connectivity index (χ2v) is 3.97. The van der Waals surface area contributed by atoms with Gasteiger partial charge in [-0.1, -0.05) is 12.1 Å². The van der Waals surface area contributed by atoms with E-state index in [2.05, 4.69) is 0 Å². The summed E-state index contributed by atoms with van der Waals surface area (Å²) in [5.41, 5.74) is -0.228. The van der Waals surface area contributed by atoms with Gasteiger partial charge in [0.05, 0.1) is 11.3 Å². The van der Waals surface area contributed by atoms with Crippen LogP contribution in [0.1, 0.15) is 6.42 Å². The van der Waals surface area contributed by atoms with Gasteiger partial charge in [-0.2, -0.15) is 0 Å². The van der Waals surface area contributed by atoms with Gasteiger partial charge in [0.2, 0.25) is 0 Å². The van der Waals surface area contributed by atoms with Gasteiger partial charge in [-0.15, -0.1) is 0 Å².